The topological polar surface area (TPSA) is 67.6 Å². The second-order valence-electron chi connectivity index (χ2n) is 3.75. The van der Waals surface area contributed by atoms with Crippen molar-refractivity contribution < 1.29 is 44.2 Å². The van der Waals surface area contributed by atoms with Crippen LogP contribution in [0.4, 0.5) is 19.0 Å². The molecule has 0 bridgehead atoms. The molecule has 0 unspecified atom stereocenters. The van der Waals surface area contributed by atoms with Gasteiger partial charge in [-0.3, -0.25) is 0 Å². The van der Waals surface area contributed by atoms with Crippen LogP contribution >= 0.6 is 23.2 Å². The second kappa shape index (κ2) is 6.46. The molecule has 2 rings (SSSR count). The number of nitrogens with zero attached hydrogens (tertiary/aromatic N) is 3. The van der Waals surface area contributed by atoms with E-state index < -0.39 is 11.7 Å². The van der Waals surface area contributed by atoms with Crippen LogP contribution in [0.1, 0.15) is 12.6 Å². The quantitative estimate of drug-likeness (QED) is 0.777. The van der Waals surface area contributed by atoms with E-state index in [1.807, 2.05) is 0 Å². The predicted octanol–water partition coefficient (Wildman–Crippen LogP) is 0.768. The summed E-state index contributed by atoms with van der Waals surface area (Å²) >= 11 is 11.6. The summed E-state index contributed by atoms with van der Waals surface area (Å²) < 4.78 is 38.9. The molecule has 106 valence electrons. The van der Waals surface area contributed by atoms with Crippen molar-refractivity contribution in [1.29, 1.82) is 5.26 Å². The monoisotopic (exact) mass is 344 g/mol. The summed E-state index contributed by atoms with van der Waals surface area (Å²) in [5, 5.41) is 12.0. The van der Waals surface area contributed by atoms with Crippen molar-refractivity contribution in [1.82, 2.24) is 9.78 Å². The summed E-state index contributed by atoms with van der Waals surface area (Å²) in [7, 11) is 0. The molecule has 10 heteroatoms. The molecule has 1 aromatic carbocycles. The van der Waals surface area contributed by atoms with Gasteiger partial charge in [0.1, 0.15) is 23.1 Å². The first kappa shape index (κ1) is 18.1. The van der Waals surface area contributed by atoms with E-state index in [-0.39, 0.29) is 58.1 Å². The minimum absolute atomic E-state index is 0. The fourth-order valence-corrected chi connectivity index (χ4v) is 2.20. The predicted molar refractivity (Wildman–Crippen MR) is 68.8 cm³/mol. The van der Waals surface area contributed by atoms with E-state index in [4.69, 9.17) is 34.2 Å². The number of hydrogen-bond donors (Lipinski definition) is 1. The zero-order valence-electron chi connectivity index (χ0n) is 11.5. The molecule has 0 amide bonds. The molecule has 2 N–H and O–H groups in total. The average molecular weight is 345 g/mol. The van der Waals surface area contributed by atoms with Crippen LogP contribution in [-0.2, 0) is 6.18 Å². The van der Waals surface area contributed by atoms with Crippen LogP contribution in [0.3, 0.4) is 0 Å². The zero-order valence-corrected chi connectivity index (χ0v) is 14.1. The van der Waals surface area contributed by atoms with E-state index in [1.54, 1.807) is 6.07 Å². The maximum absolute atomic E-state index is 12.6. The van der Waals surface area contributed by atoms with Gasteiger partial charge in [-0.1, -0.05) is 23.2 Å². The largest absolute Gasteiger partial charge is 1.00 e. The molecule has 0 radical (unpaired) electrons. The molecule has 0 saturated carbocycles. The van der Waals surface area contributed by atoms with Crippen molar-refractivity contribution in [2.75, 3.05) is 5.73 Å². The Morgan fingerprint density at radius 1 is 1.29 bits per heavy atom. The summed E-state index contributed by atoms with van der Waals surface area (Å²) in [5.74, 6) is -0.0592. The standard InChI is InChI=1S/C11H5Cl2F3N4.Na.H/c12-7-1-6(11(14,15)16)2-8(13)9(7)20-10(18)5(3-17)4-19-20;;/h1-2,4H,18H2;;/q;+1;-1. The van der Waals surface area contributed by atoms with Gasteiger partial charge < -0.3 is 7.16 Å². The van der Waals surface area contributed by atoms with Gasteiger partial charge in [-0.25, -0.2) is 4.68 Å². The molecule has 0 fully saturated rings. The number of nitrogen functional groups attached to an aromatic ring is 1. The number of halogens is 5. The number of nitriles is 1. The van der Waals surface area contributed by atoms with Crippen LogP contribution in [0.2, 0.25) is 10.0 Å². The summed E-state index contributed by atoms with van der Waals surface area (Å²) in [5.41, 5.74) is 4.72. The second-order valence-corrected chi connectivity index (χ2v) is 4.57. The molecule has 0 saturated heterocycles. The first-order valence-corrected chi connectivity index (χ1v) is 5.81. The Kier molecular flexibility index (Phi) is 5.58. The average Bonchev–Trinajstić information content (AvgIpc) is 2.69. The third-order valence-electron chi connectivity index (χ3n) is 2.48. The van der Waals surface area contributed by atoms with Crippen LogP contribution in [0.15, 0.2) is 18.3 Å². The molecule has 2 aromatic rings. The third kappa shape index (κ3) is 3.47. The normalized spacial score (nSPS) is 10.9. The Balaban J connectivity index is 0.00000220. The molecule has 0 aliphatic heterocycles. The van der Waals surface area contributed by atoms with Gasteiger partial charge in [0.2, 0.25) is 0 Å². The van der Waals surface area contributed by atoms with E-state index >= 15 is 0 Å². The van der Waals surface area contributed by atoms with Gasteiger partial charge >= 0.3 is 35.7 Å². The summed E-state index contributed by atoms with van der Waals surface area (Å²) in [6.07, 6.45) is -3.40. The van der Waals surface area contributed by atoms with Gasteiger partial charge in [0.15, 0.2) is 0 Å². The van der Waals surface area contributed by atoms with Crippen LogP contribution in [0.5, 0.6) is 0 Å². The molecule has 1 heterocycles. The number of rotatable bonds is 1. The molecular weight excluding hydrogens is 339 g/mol. The van der Waals surface area contributed by atoms with Crippen molar-refractivity contribution in [3.63, 3.8) is 0 Å². The van der Waals surface area contributed by atoms with E-state index in [1.165, 1.54) is 6.20 Å². The zero-order chi connectivity index (χ0) is 15.1. The molecular formula is C11H6Cl2F3N4Na. The maximum Gasteiger partial charge on any atom is 1.00 e. The van der Waals surface area contributed by atoms with Gasteiger partial charge in [0.25, 0.3) is 0 Å². The summed E-state index contributed by atoms with van der Waals surface area (Å²) in [6.45, 7) is 0. The third-order valence-corrected chi connectivity index (χ3v) is 3.06. The van der Waals surface area contributed by atoms with Crippen molar-refractivity contribution in [2.45, 2.75) is 6.18 Å². The molecule has 21 heavy (non-hydrogen) atoms. The molecule has 0 aliphatic carbocycles. The first-order valence-electron chi connectivity index (χ1n) is 5.06. The van der Waals surface area contributed by atoms with Crippen LogP contribution in [-0.4, -0.2) is 9.78 Å². The number of nitrogens with two attached hydrogens (primary N) is 1. The van der Waals surface area contributed by atoms with Gasteiger partial charge in [-0.05, 0) is 12.1 Å². The van der Waals surface area contributed by atoms with Gasteiger partial charge in [0, 0.05) is 0 Å². The van der Waals surface area contributed by atoms with E-state index in [9.17, 15) is 13.2 Å². The minimum atomic E-state index is -4.57. The number of benzene rings is 1. The maximum atomic E-state index is 12.6. The van der Waals surface area contributed by atoms with Gasteiger partial charge in [0.05, 0.1) is 21.8 Å². The minimum Gasteiger partial charge on any atom is -1.00 e. The Labute approximate surface area is 151 Å². The van der Waals surface area contributed by atoms with Crippen LogP contribution in [0.25, 0.3) is 5.69 Å². The van der Waals surface area contributed by atoms with E-state index in [0.717, 1.165) is 16.8 Å². The summed E-state index contributed by atoms with van der Waals surface area (Å²) in [4.78, 5) is 0. The van der Waals surface area contributed by atoms with Crippen molar-refractivity contribution in [3.8, 4) is 11.8 Å². The van der Waals surface area contributed by atoms with Gasteiger partial charge in [-0.15, -0.1) is 0 Å². The van der Waals surface area contributed by atoms with Gasteiger partial charge in [-0.2, -0.15) is 23.5 Å². The fourth-order valence-electron chi connectivity index (χ4n) is 1.55. The fraction of sp³-hybridized carbons (Fsp3) is 0.0909. The van der Waals surface area contributed by atoms with Crippen LogP contribution in [0, 0.1) is 11.3 Å². The molecule has 0 aliphatic rings. The Bertz CT molecular complexity index is 704. The number of alkyl halides is 3. The smallest absolute Gasteiger partial charge is 1.00 e. The Morgan fingerprint density at radius 3 is 2.19 bits per heavy atom. The Hall–Kier alpha value is -0.910. The molecule has 4 nitrogen and oxygen atoms in total. The molecule has 0 atom stereocenters. The van der Waals surface area contributed by atoms with Crippen molar-refractivity contribution in [2.24, 2.45) is 0 Å². The summed E-state index contributed by atoms with van der Waals surface area (Å²) in [6, 6.07) is 3.22. The molecule has 0 spiro atoms. The van der Waals surface area contributed by atoms with Crippen molar-refractivity contribution >= 4 is 29.0 Å². The Morgan fingerprint density at radius 2 is 1.81 bits per heavy atom. The number of aromatic nitrogens is 2. The number of anilines is 1. The first-order chi connectivity index (χ1) is 9.25. The SMILES string of the molecule is N#Cc1cnn(-c2c(Cl)cc(C(F)(F)F)cc2Cl)c1N.[H-].[Na+]. The van der Waals surface area contributed by atoms with E-state index in [2.05, 4.69) is 5.10 Å². The van der Waals surface area contributed by atoms with Crippen LogP contribution < -0.4 is 35.3 Å². The molecule has 1 aromatic heterocycles. The number of hydrogen-bond acceptors (Lipinski definition) is 3. The van der Waals surface area contributed by atoms with E-state index in [0.29, 0.717) is 0 Å². The van der Waals surface area contributed by atoms with Crippen molar-refractivity contribution in [3.05, 3.63) is 39.5 Å².